The third-order valence-corrected chi connectivity index (χ3v) is 8.31. The van der Waals surface area contributed by atoms with E-state index in [9.17, 15) is 13.2 Å². The third kappa shape index (κ3) is 5.53. The molecule has 0 unspecified atom stereocenters. The Bertz CT molecular complexity index is 846. The molecule has 1 aromatic rings. The van der Waals surface area contributed by atoms with Gasteiger partial charge in [-0.15, -0.1) is 0 Å². The Balaban J connectivity index is 1.73. The number of morpholine rings is 1. The number of benzene rings is 1. The Morgan fingerprint density at radius 3 is 2.37 bits per heavy atom. The monoisotopic (exact) mass is 457 g/mol. The number of amides is 1. The van der Waals surface area contributed by atoms with Crippen molar-refractivity contribution in [1.82, 2.24) is 14.5 Å². The van der Waals surface area contributed by atoms with E-state index in [0.717, 1.165) is 38.8 Å². The first kappa shape index (κ1) is 23.5. The number of nitrogens with one attached hydrogen (secondary N) is 1. The molecule has 0 spiro atoms. The molecule has 7 nitrogen and oxygen atoms in total. The average Bonchev–Trinajstić information content (AvgIpc) is 3.03. The molecule has 0 aliphatic carbocycles. The Kier molecular flexibility index (Phi) is 7.79. The van der Waals surface area contributed by atoms with Crippen molar-refractivity contribution in [2.75, 3.05) is 45.9 Å². The molecule has 9 heteroatoms. The summed E-state index contributed by atoms with van der Waals surface area (Å²) in [7, 11) is -3.73. The molecule has 3 rings (SSSR count). The first-order valence-electron chi connectivity index (χ1n) is 10.6. The number of rotatable bonds is 6. The summed E-state index contributed by atoms with van der Waals surface area (Å²) in [4.78, 5) is 15.1. The van der Waals surface area contributed by atoms with Gasteiger partial charge in [0.1, 0.15) is 4.90 Å². The summed E-state index contributed by atoms with van der Waals surface area (Å²) < 4.78 is 33.2. The van der Waals surface area contributed by atoms with Gasteiger partial charge in [-0.25, -0.2) is 8.42 Å². The quantitative estimate of drug-likeness (QED) is 0.710. The molecule has 1 amide bonds. The first-order chi connectivity index (χ1) is 14.2. The highest BCUT2D eigenvalue weighted by Gasteiger charge is 2.30. The fraction of sp³-hybridized carbons (Fsp3) is 0.667. The molecule has 168 valence electrons. The Hall–Kier alpha value is -1.19. The summed E-state index contributed by atoms with van der Waals surface area (Å²) in [5.74, 6) is -0.305. The lowest BCUT2D eigenvalue weighted by atomic mass is 10.0. The van der Waals surface area contributed by atoms with Crippen LogP contribution in [0.2, 0.25) is 5.02 Å². The predicted octanol–water partition coefficient (Wildman–Crippen LogP) is 2.75. The standard InChI is InChI=1S/C21H32ClN3O4S/c1-21(2,24-11-13-29-14-12-24)16-23-20(26)17-7-8-18(22)19(15-17)30(27,28)25-9-5-3-4-6-10-25/h7-8,15H,3-6,9-14,16H2,1-2H3,(H,23,26). The number of hydrogen-bond donors (Lipinski definition) is 1. The zero-order valence-electron chi connectivity index (χ0n) is 17.8. The summed E-state index contributed by atoms with van der Waals surface area (Å²) in [6, 6.07) is 4.47. The minimum Gasteiger partial charge on any atom is -0.379 e. The van der Waals surface area contributed by atoms with Crippen molar-refractivity contribution in [1.29, 1.82) is 0 Å². The molecule has 0 saturated carbocycles. The number of hydrogen-bond acceptors (Lipinski definition) is 5. The van der Waals surface area contributed by atoms with Crippen molar-refractivity contribution >= 4 is 27.5 Å². The van der Waals surface area contributed by atoms with E-state index < -0.39 is 10.0 Å². The summed E-state index contributed by atoms with van der Waals surface area (Å²) in [6.07, 6.45) is 3.74. The highest BCUT2D eigenvalue weighted by Crippen LogP contribution is 2.28. The van der Waals surface area contributed by atoms with Gasteiger partial charge < -0.3 is 10.1 Å². The maximum absolute atomic E-state index is 13.2. The molecule has 1 aromatic carbocycles. The van der Waals surface area contributed by atoms with Crippen molar-refractivity contribution in [3.8, 4) is 0 Å². The smallest absolute Gasteiger partial charge is 0.251 e. The first-order valence-corrected chi connectivity index (χ1v) is 12.4. The fourth-order valence-corrected chi connectivity index (χ4v) is 5.96. The zero-order valence-corrected chi connectivity index (χ0v) is 19.4. The Morgan fingerprint density at radius 1 is 1.10 bits per heavy atom. The lowest BCUT2D eigenvalue weighted by Gasteiger charge is -2.40. The molecule has 2 aliphatic heterocycles. The van der Waals surface area contributed by atoms with Crippen LogP contribution in [0.3, 0.4) is 0 Å². The Labute approximate surface area is 184 Å². The summed E-state index contributed by atoms with van der Waals surface area (Å²) >= 11 is 6.24. The van der Waals surface area contributed by atoms with E-state index in [2.05, 4.69) is 24.1 Å². The Morgan fingerprint density at radius 2 is 1.73 bits per heavy atom. The molecule has 2 saturated heterocycles. The van der Waals surface area contributed by atoms with Crippen LogP contribution in [0, 0.1) is 0 Å². The molecular formula is C21H32ClN3O4S. The molecule has 0 bridgehead atoms. The van der Waals surface area contributed by atoms with Crippen LogP contribution in [-0.2, 0) is 14.8 Å². The summed E-state index contributed by atoms with van der Waals surface area (Å²) in [6.45, 7) is 8.60. The topological polar surface area (TPSA) is 79.0 Å². The van der Waals surface area contributed by atoms with Gasteiger partial charge >= 0.3 is 0 Å². The second-order valence-electron chi connectivity index (χ2n) is 8.56. The molecule has 0 atom stereocenters. The van der Waals surface area contributed by atoms with E-state index >= 15 is 0 Å². The lowest BCUT2D eigenvalue weighted by Crippen LogP contribution is -2.55. The minimum atomic E-state index is -3.73. The second kappa shape index (κ2) is 9.96. The molecule has 30 heavy (non-hydrogen) atoms. The number of ether oxygens (including phenoxy) is 1. The van der Waals surface area contributed by atoms with Crippen LogP contribution in [0.1, 0.15) is 49.9 Å². The molecule has 0 aromatic heterocycles. The molecule has 2 fully saturated rings. The molecule has 0 radical (unpaired) electrons. The molecule has 1 N–H and O–H groups in total. The van der Waals surface area contributed by atoms with Crippen LogP contribution < -0.4 is 5.32 Å². The van der Waals surface area contributed by atoms with Crippen molar-refractivity contribution in [2.45, 2.75) is 50.0 Å². The lowest BCUT2D eigenvalue weighted by molar-refractivity contribution is -0.00923. The van der Waals surface area contributed by atoms with Crippen LogP contribution in [0.15, 0.2) is 23.1 Å². The van der Waals surface area contributed by atoms with Gasteiger partial charge in [0.2, 0.25) is 10.0 Å². The highest BCUT2D eigenvalue weighted by atomic mass is 35.5. The summed E-state index contributed by atoms with van der Waals surface area (Å²) in [5.41, 5.74) is 0.0675. The number of sulfonamides is 1. The molecule has 2 heterocycles. The SMILES string of the molecule is CC(C)(CNC(=O)c1ccc(Cl)c(S(=O)(=O)N2CCCCCC2)c1)N1CCOCC1. The summed E-state index contributed by atoms with van der Waals surface area (Å²) in [5, 5.41) is 3.09. The highest BCUT2D eigenvalue weighted by molar-refractivity contribution is 7.89. The van der Waals surface area contributed by atoms with Gasteiger partial charge in [-0.3, -0.25) is 9.69 Å². The van der Waals surface area contributed by atoms with E-state index in [-0.39, 0.29) is 21.4 Å². The van der Waals surface area contributed by atoms with Gasteiger partial charge in [-0.2, -0.15) is 4.31 Å². The van der Waals surface area contributed by atoms with E-state index in [1.54, 1.807) is 6.07 Å². The van der Waals surface area contributed by atoms with Crippen LogP contribution in [0.5, 0.6) is 0 Å². The van der Waals surface area contributed by atoms with Gasteiger partial charge in [0, 0.05) is 43.8 Å². The van der Waals surface area contributed by atoms with Crippen LogP contribution in [0.4, 0.5) is 0 Å². The van der Waals surface area contributed by atoms with E-state index in [1.165, 1.54) is 16.4 Å². The maximum Gasteiger partial charge on any atom is 0.251 e. The normalized spacial score (nSPS) is 20.0. The van der Waals surface area contributed by atoms with Crippen LogP contribution in [-0.4, -0.2) is 75.0 Å². The maximum atomic E-state index is 13.2. The average molecular weight is 458 g/mol. The number of nitrogens with zero attached hydrogens (tertiary/aromatic N) is 2. The van der Waals surface area contributed by atoms with Crippen molar-refractivity contribution in [3.63, 3.8) is 0 Å². The van der Waals surface area contributed by atoms with Crippen molar-refractivity contribution in [3.05, 3.63) is 28.8 Å². The zero-order chi connectivity index (χ0) is 21.8. The van der Waals surface area contributed by atoms with Crippen molar-refractivity contribution in [2.24, 2.45) is 0 Å². The van der Waals surface area contributed by atoms with Crippen LogP contribution >= 0.6 is 11.6 Å². The van der Waals surface area contributed by atoms with Crippen molar-refractivity contribution < 1.29 is 17.9 Å². The third-order valence-electron chi connectivity index (χ3n) is 5.92. The van der Waals surface area contributed by atoms with E-state index in [4.69, 9.17) is 16.3 Å². The van der Waals surface area contributed by atoms with E-state index in [1.807, 2.05) is 0 Å². The second-order valence-corrected chi connectivity index (χ2v) is 10.9. The van der Waals surface area contributed by atoms with Gasteiger partial charge in [0.15, 0.2) is 0 Å². The fourth-order valence-electron chi connectivity index (χ4n) is 3.94. The predicted molar refractivity (Wildman–Crippen MR) is 117 cm³/mol. The number of carbonyl (C=O) groups excluding carboxylic acids is 1. The van der Waals surface area contributed by atoms with Crippen LogP contribution in [0.25, 0.3) is 0 Å². The van der Waals surface area contributed by atoms with E-state index in [0.29, 0.717) is 38.4 Å². The molecule has 2 aliphatic rings. The minimum absolute atomic E-state index is 0.00570. The largest absolute Gasteiger partial charge is 0.379 e. The number of halogens is 1. The van der Waals surface area contributed by atoms with Gasteiger partial charge in [0.05, 0.1) is 18.2 Å². The number of carbonyl (C=O) groups is 1. The van der Waals surface area contributed by atoms with Gasteiger partial charge in [-0.1, -0.05) is 24.4 Å². The molecular weight excluding hydrogens is 426 g/mol. The van der Waals surface area contributed by atoms with Gasteiger partial charge in [-0.05, 0) is 44.9 Å². The van der Waals surface area contributed by atoms with Gasteiger partial charge in [0.25, 0.3) is 5.91 Å².